The maximum absolute atomic E-state index is 13.6. The highest BCUT2D eigenvalue weighted by molar-refractivity contribution is 7.05. The molecule has 2 N–H and O–H groups in total. The van der Waals surface area contributed by atoms with Crippen LogP contribution in [0.2, 0.25) is 0 Å². The van der Waals surface area contributed by atoms with Crippen molar-refractivity contribution in [1.29, 1.82) is 0 Å². The maximum Gasteiger partial charge on any atom is 0.126 e. The third kappa shape index (κ3) is 3.13. The normalized spacial score (nSPS) is 12.9. The van der Waals surface area contributed by atoms with E-state index >= 15 is 0 Å². The minimum absolute atomic E-state index is 0.206. The first-order valence-electron chi connectivity index (χ1n) is 6.00. The van der Waals surface area contributed by atoms with Gasteiger partial charge in [0.2, 0.25) is 0 Å². The number of rotatable bonds is 4. The van der Waals surface area contributed by atoms with Crippen LogP contribution in [0.3, 0.4) is 0 Å². The average molecular weight is 283 g/mol. The van der Waals surface area contributed by atoms with Crippen molar-refractivity contribution < 1.29 is 8.78 Å². The summed E-state index contributed by atoms with van der Waals surface area (Å²) in [4.78, 5) is 0.832. The summed E-state index contributed by atoms with van der Waals surface area (Å²) in [5.74, 6) is -0.701. The molecule has 1 heterocycles. The van der Waals surface area contributed by atoms with E-state index in [1.165, 1.54) is 17.6 Å². The summed E-state index contributed by atoms with van der Waals surface area (Å²) in [6, 6.07) is 2.97. The zero-order valence-electron chi connectivity index (χ0n) is 10.7. The van der Waals surface area contributed by atoms with Gasteiger partial charge < -0.3 is 5.73 Å². The van der Waals surface area contributed by atoms with E-state index in [0.717, 1.165) is 22.7 Å². The van der Waals surface area contributed by atoms with Crippen LogP contribution in [0.4, 0.5) is 8.78 Å². The highest BCUT2D eigenvalue weighted by atomic mass is 32.1. The SMILES string of the molecule is CC(C)c1nnsc1C(N)Cc1cc(F)ccc1F. The molecule has 2 rings (SSSR count). The third-order valence-electron chi connectivity index (χ3n) is 2.87. The molecule has 1 unspecified atom stereocenters. The van der Waals surface area contributed by atoms with Gasteiger partial charge in [0.05, 0.1) is 10.6 Å². The van der Waals surface area contributed by atoms with Gasteiger partial charge in [0.1, 0.15) is 11.6 Å². The lowest BCUT2D eigenvalue weighted by Crippen LogP contribution is -2.15. The van der Waals surface area contributed by atoms with Crippen molar-refractivity contribution in [3.63, 3.8) is 0 Å². The van der Waals surface area contributed by atoms with Crippen molar-refractivity contribution in [2.24, 2.45) is 5.73 Å². The number of hydrogen-bond acceptors (Lipinski definition) is 4. The molecule has 1 aromatic carbocycles. The second-order valence-corrected chi connectivity index (χ2v) is 5.51. The van der Waals surface area contributed by atoms with Crippen molar-refractivity contribution in [2.75, 3.05) is 0 Å². The van der Waals surface area contributed by atoms with Gasteiger partial charge in [-0.2, -0.15) is 0 Å². The van der Waals surface area contributed by atoms with Crippen molar-refractivity contribution >= 4 is 11.5 Å². The number of hydrogen-bond donors (Lipinski definition) is 1. The summed E-state index contributed by atoms with van der Waals surface area (Å²) < 4.78 is 30.6. The number of benzene rings is 1. The topological polar surface area (TPSA) is 51.8 Å². The van der Waals surface area contributed by atoms with Crippen molar-refractivity contribution in [3.05, 3.63) is 46.0 Å². The van der Waals surface area contributed by atoms with E-state index in [1.54, 1.807) is 0 Å². The molecule has 2 aromatic rings. The predicted molar refractivity (Wildman–Crippen MR) is 71.0 cm³/mol. The predicted octanol–water partition coefficient (Wildman–Crippen LogP) is 3.18. The molecule has 3 nitrogen and oxygen atoms in total. The van der Waals surface area contributed by atoms with Crippen LogP contribution in [0.5, 0.6) is 0 Å². The molecule has 0 aliphatic carbocycles. The third-order valence-corrected chi connectivity index (χ3v) is 3.74. The summed E-state index contributed by atoms with van der Waals surface area (Å²) in [7, 11) is 0. The second-order valence-electron chi connectivity index (χ2n) is 4.72. The van der Waals surface area contributed by atoms with Gasteiger partial charge in [-0.15, -0.1) is 5.10 Å². The Morgan fingerprint density at radius 2 is 2.05 bits per heavy atom. The maximum atomic E-state index is 13.6. The first-order chi connectivity index (χ1) is 8.99. The Labute approximate surface area is 114 Å². The van der Waals surface area contributed by atoms with Crippen LogP contribution in [0.25, 0.3) is 0 Å². The smallest absolute Gasteiger partial charge is 0.126 e. The van der Waals surface area contributed by atoms with Gasteiger partial charge in [-0.05, 0) is 47.6 Å². The van der Waals surface area contributed by atoms with Gasteiger partial charge in [0.25, 0.3) is 0 Å². The fourth-order valence-electron chi connectivity index (χ4n) is 1.89. The van der Waals surface area contributed by atoms with Gasteiger partial charge in [-0.3, -0.25) is 0 Å². The molecule has 0 fully saturated rings. The number of nitrogens with zero attached hydrogens (tertiary/aromatic N) is 2. The molecule has 6 heteroatoms. The summed E-state index contributed by atoms with van der Waals surface area (Å²) in [5, 5.41) is 4.04. The Kier molecular flexibility index (Phi) is 4.21. The highest BCUT2D eigenvalue weighted by Crippen LogP contribution is 2.27. The molecule has 0 spiro atoms. The molecule has 1 aromatic heterocycles. The highest BCUT2D eigenvalue weighted by Gasteiger charge is 2.19. The lowest BCUT2D eigenvalue weighted by Gasteiger charge is -2.13. The summed E-state index contributed by atoms with van der Waals surface area (Å²) in [5.41, 5.74) is 7.17. The quantitative estimate of drug-likeness (QED) is 0.937. The fraction of sp³-hybridized carbons (Fsp3) is 0.385. The van der Waals surface area contributed by atoms with Crippen molar-refractivity contribution in [1.82, 2.24) is 9.59 Å². The van der Waals surface area contributed by atoms with Crippen molar-refractivity contribution in [3.8, 4) is 0 Å². The number of halogens is 2. The van der Waals surface area contributed by atoms with E-state index in [2.05, 4.69) is 9.59 Å². The molecular formula is C13H15F2N3S. The van der Waals surface area contributed by atoms with Crippen LogP contribution in [-0.4, -0.2) is 9.59 Å². The molecule has 19 heavy (non-hydrogen) atoms. The van der Waals surface area contributed by atoms with E-state index in [4.69, 9.17) is 5.73 Å². The number of aromatic nitrogens is 2. The number of nitrogens with two attached hydrogens (primary N) is 1. The first kappa shape index (κ1) is 14.0. The summed E-state index contributed by atoms with van der Waals surface area (Å²) in [6.45, 7) is 3.99. The molecule has 0 amide bonds. The van der Waals surface area contributed by atoms with Gasteiger partial charge >= 0.3 is 0 Å². The van der Waals surface area contributed by atoms with Gasteiger partial charge in [0.15, 0.2) is 0 Å². The summed E-state index contributed by atoms with van der Waals surface area (Å²) in [6.07, 6.45) is 0.229. The average Bonchev–Trinajstić information content (AvgIpc) is 2.83. The van der Waals surface area contributed by atoms with Crippen LogP contribution in [0.1, 0.15) is 41.9 Å². The molecule has 0 bridgehead atoms. The zero-order valence-corrected chi connectivity index (χ0v) is 11.5. The first-order valence-corrected chi connectivity index (χ1v) is 6.78. The van der Waals surface area contributed by atoms with Crippen LogP contribution in [-0.2, 0) is 6.42 Å². The monoisotopic (exact) mass is 283 g/mol. The largest absolute Gasteiger partial charge is 0.323 e. The molecule has 1 atom stereocenters. The minimum atomic E-state index is -0.463. The zero-order chi connectivity index (χ0) is 14.0. The Hall–Kier alpha value is -1.40. The molecule has 0 aliphatic rings. The van der Waals surface area contributed by atoms with Crippen LogP contribution < -0.4 is 5.73 Å². The van der Waals surface area contributed by atoms with E-state index in [-0.39, 0.29) is 17.9 Å². The Bertz CT molecular complexity index is 569. The minimum Gasteiger partial charge on any atom is -0.323 e. The molecule has 0 saturated carbocycles. The van der Waals surface area contributed by atoms with E-state index in [0.29, 0.717) is 0 Å². The van der Waals surface area contributed by atoms with Crippen LogP contribution >= 0.6 is 11.5 Å². The van der Waals surface area contributed by atoms with E-state index in [9.17, 15) is 8.78 Å². The Morgan fingerprint density at radius 3 is 2.74 bits per heavy atom. The molecule has 0 saturated heterocycles. The van der Waals surface area contributed by atoms with Crippen LogP contribution in [0.15, 0.2) is 18.2 Å². The van der Waals surface area contributed by atoms with E-state index < -0.39 is 17.7 Å². The molecular weight excluding hydrogens is 268 g/mol. The molecule has 0 radical (unpaired) electrons. The second kappa shape index (κ2) is 5.71. The summed E-state index contributed by atoms with van der Waals surface area (Å²) >= 11 is 1.21. The van der Waals surface area contributed by atoms with E-state index in [1.807, 2.05) is 13.8 Å². The van der Waals surface area contributed by atoms with Crippen LogP contribution in [0, 0.1) is 11.6 Å². The standard InChI is InChI=1S/C13H15F2N3S/c1-7(2)12-13(19-18-17-12)11(16)6-8-5-9(14)3-4-10(8)15/h3-5,7,11H,6,16H2,1-2H3. The Morgan fingerprint density at radius 1 is 1.32 bits per heavy atom. The molecule has 0 aliphatic heterocycles. The van der Waals surface area contributed by atoms with Gasteiger partial charge in [0, 0.05) is 6.04 Å². The Balaban J connectivity index is 2.23. The van der Waals surface area contributed by atoms with Gasteiger partial charge in [-0.25, -0.2) is 8.78 Å². The molecule has 102 valence electrons. The lowest BCUT2D eigenvalue weighted by atomic mass is 10.0. The van der Waals surface area contributed by atoms with Gasteiger partial charge in [-0.1, -0.05) is 18.3 Å². The fourth-order valence-corrected chi connectivity index (χ4v) is 2.70. The van der Waals surface area contributed by atoms with Crippen molar-refractivity contribution in [2.45, 2.75) is 32.2 Å². The lowest BCUT2D eigenvalue weighted by molar-refractivity contribution is 0.572.